The van der Waals surface area contributed by atoms with Gasteiger partial charge in [-0.3, -0.25) is 4.98 Å². The minimum absolute atomic E-state index is 0.0496. The van der Waals surface area contributed by atoms with Crippen LogP contribution in [0, 0.1) is 0 Å². The van der Waals surface area contributed by atoms with Gasteiger partial charge in [0.1, 0.15) is 0 Å². The summed E-state index contributed by atoms with van der Waals surface area (Å²) >= 11 is 0. The summed E-state index contributed by atoms with van der Waals surface area (Å²) in [5.41, 5.74) is 0.838. The van der Waals surface area contributed by atoms with Gasteiger partial charge in [0.2, 0.25) is 11.7 Å². The minimum Gasteiger partial charge on any atom is -0.339 e. The van der Waals surface area contributed by atoms with Crippen LogP contribution in [0.25, 0.3) is 11.4 Å². The van der Waals surface area contributed by atoms with Crippen LogP contribution in [0.15, 0.2) is 29.0 Å². The highest BCUT2D eigenvalue weighted by Crippen LogP contribution is 2.27. The van der Waals surface area contributed by atoms with Crippen LogP contribution in [0.4, 0.5) is 4.79 Å². The number of rotatable bonds is 3. The molecular weight excluding hydrogens is 330 g/mol. The van der Waals surface area contributed by atoms with Gasteiger partial charge >= 0.3 is 6.03 Å². The quantitative estimate of drug-likeness (QED) is 0.913. The van der Waals surface area contributed by atoms with Gasteiger partial charge in [-0.15, -0.1) is 0 Å². The van der Waals surface area contributed by atoms with Gasteiger partial charge in [0.15, 0.2) is 0 Å². The molecule has 7 heteroatoms. The van der Waals surface area contributed by atoms with Gasteiger partial charge in [-0.25, -0.2) is 4.79 Å². The molecule has 7 nitrogen and oxygen atoms in total. The van der Waals surface area contributed by atoms with Crippen molar-refractivity contribution in [2.45, 2.75) is 56.9 Å². The molecule has 1 unspecified atom stereocenters. The molecule has 1 aliphatic heterocycles. The van der Waals surface area contributed by atoms with E-state index in [1.807, 2.05) is 17.0 Å². The molecule has 138 valence electrons. The van der Waals surface area contributed by atoms with Crippen molar-refractivity contribution in [3.05, 3.63) is 30.4 Å². The van der Waals surface area contributed by atoms with Crippen molar-refractivity contribution in [2.75, 3.05) is 13.1 Å². The van der Waals surface area contributed by atoms with E-state index >= 15 is 0 Å². The second-order valence-electron chi connectivity index (χ2n) is 7.27. The summed E-state index contributed by atoms with van der Waals surface area (Å²) in [5.74, 6) is 1.26. The Morgan fingerprint density at radius 3 is 2.88 bits per heavy atom. The molecule has 1 saturated carbocycles. The molecule has 26 heavy (non-hydrogen) atoms. The number of hydrogen-bond acceptors (Lipinski definition) is 5. The zero-order valence-corrected chi connectivity index (χ0v) is 14.9. The highest BCUT2D eigenvalue weighted by atomic mass is 16.5. The summed E-state index contributed by atoms with van der Waals surface area (Å²) in [6, 6.07) is 4.14. The SMILES string of the molecule is O=C(NC1CCCCC1)N1CCCC(c2nc(-c3cccnc3)no2)C1. The van der Waals surface area contributed by atoms with Gasteiger partial charge in [-0.1, -0.05) is 24.4 Å². The van der Waals surface area contributed by atoms with Crippen molar-refractivity contribution >= 4 is 6.03 Å². The fraction of sp³-hybridized carbons (Fsp3) is 0.579. The monoisotopic (exact) mass is 355 g/mol. The summed E-state index contributed by atoms with van der Waals surface area (Å²) in [6.07, 6.45) is 11.3. The molecule has 0 aromatic carbocycles. The number of likely N-dealkylation sites (tertiary alicyclic amines) is 1. The predicted octanol–water partition coefficient (Wildman–Crippen LogP) is 3.35. The lowest BCUT2D eigenvalue weighted by molar-refractivity contribution is 0.166. The van der Waals surface area contributed by atoms with E-state index in [9.17, 15) is 4.79 Å². The molecule has 2 aliphatic rings. The molecule has 1 aliphatic carbocycles. The normalized spacial score (nSPS) is 21.5. The van der Waals surface area contributed by atoms with Crippen LogP contribution in [0.5, 0.6) is 0 Å². The van der Waals surface area contributed by atoms with E-state index in [0.717, 1.165) is 37.8 Å². The van der Waals surface area contributed by atoms with Crippen LogP contribution >= 0.6 is 0 Å². The van der Waals surface area contributed by atoms with Gasteiger partial charge in [-0.05, 0) is 37.8 Å². The molecular formula is C19H25N5O2. The van der Waals surface area contributed by atoms with Gasteiger partial charge in [0.25, 0.3) is 0 Å². The van der Waals surface area contributed by atoms with Gasteiger partial charge in [0, 0.05) is 37.1 Å². The fourth-order valence-corrected chi connectivity index (χ4v) is 3.89. The van der Waals surface area contributed by atoms with Crippen molar-refractivity contribution < 1.29 is 9.32 Å². The third-order valence-corrected chi connectivity index (χ3v) is 5.35. The lowest BCUT2D eigenvalue weighted by Crippen LogP contribution is -2.48. The molecule has 2 fully saturated rings. The fourth-order valence-electron chi connectivity index (χ4n) is 3.89. The van der Waals surface area contributed by atoms with Crippen LogP contribution in [-0.4, -0.2) is 45.2 Å². The summed E-state index contributed by atoms with van der Waals surface area (Å²) < 4.78 is 5.49. The summed E-state index contributed by atoms with van der Waals surface area (Å²) in [6.45, 7) is 1.42. The van der Waals surface area contributed by atoms with Crippen molar-refractivity contribution in [1.82, 2.24) is 25.3 Å². The maximum atomic E-state index is 12.6. The Labute approximate surface area is 153 Å². The second kappa shape index (κ2) is 7.85. The Bertz CT molecular complexity index is 727. The maximum Gasteiger partial charge on any atom is 0.317 e. The number of aromatic nitrogens is 3. The molecule has 0 radical (unpaired) electrons. The molecule has 1 atom stereocenters. The van der Waals surface area contributed by atoms with Gasteiger partial charge < -0.3 is 14.7 Å². The minimum atomic E-state index is 0.0496. The largest absolute Gasteiger partial charge is 0.339 e. The van der Waals surface area contributed by atoms with Crippen molar-refractivity contribution in [1.29, 1.82) is 0 Å². The molecule has 1 saturated heterocycles. The highest BCUT2D eigenvalue weighted by molar-refractivity contribution is 5.74. The predicted molar refractivity (Wildman–Crippen MR) is 96.5 cm³/mol. The van der Waals surface area contributed by atoms with E-state index < -0.39 is 0 Å². The summed E-state index contributed by atoms with van der Waals surface area (Å²) in [5, 5.41) is 7.28. The molecule has 2 amide bonds. The number of carbonyl (C=O) groups excluding carboxylic acids is 1. The van der Waals surface area contributed by atoms with Gasteiger partial charge in [0.05, 0.1) is 5.92 Å². The van der Waals surface area contributed by atoms with E-state index in [4.69, 9.17) is 4.52 Å². The third-order valence-electron chi connectivity index (χ3n) is 5.35. The Hall–Kier alpha value is -2.44. The Balaban J connectivity index is 1.39. The van der Waals surface area contributed by atoms with E-state index in [0.29, 0.717) is 24.3 Å². The van der Waals surface area contributed by atoms with Gasteiger partial charge in [-0.2, -0.15) is 4.98 Å². The van der Waals surface area contributed by atoms with E-state index in [-0.39, 0.29) is 11.9 Å². The summed E-state index contributed by atoms with van der Waals surface area (Å²) in [4.78, 5) is 23.1. The Morgan fingerprint density at radius 1 is 1.19 bits per heavy atom. The summed E-state index contributed by atoms with van der Waals surface area (Å²) in [7, 11) is 0. The number of urea groups is 1. The first kappa shape index (κ1) is 17.0. The highest BCUT2D eigenvalue weighted by Gasteiger charge is 2.29. The van der Waals surface area contributed by atoms with E-state index in [1.165, 1.54) is 19.3 Å². The Kier molecular flexibility index (Phi) is 5.13. The van der Waals surface area contributed by atoms with E-state index in [1.54, 1.807) is 12.4 Å². The van der Waals surface area contributed by atoms with Crippen LogP contribution < -0.4 is 5.32 Å². The van der Waals surface area contributed by atoms with Crippen molar-refractivity contribution in [2.24, 2.45) is 0 Å². The van der Waals surface area contributed by atoms with Crippen molar-refractivity contribution in [3.8, 4) is 11.4 Å². The van der Waals surface area contributed by atoms with Crippen molar-refractivity contribution in [3.63, 3.8) is 0 Å². The topological polar surface area (TPSA) is 84.2 Å². The molecule has 2 aromatic rings. The van der Waals surface area contributed by atoms with E-state index in [2.05, 4.69) is 20.4 Å². The zero-order valence-electron chi connectivity index (χ0n) is 14.9. The first-order valence-corrected chi connectivity index (χ1v) is 9.59. The number of pyridine rings is 1. The number of nitrogens with zero attached hydrogens (tertiary/aromatic N) is 4. The third kappa shape index (κ3) is 3.86. The first-order chi connectivity index (χ1) is 12.8. The van der Waals surface area contributed by atoms with Crippen LogP contribution in [-0.2, 0) is 0 Å². The average Bonchev–Trinajstić information content (AvgIpc) is 3.20. The smallest absolute Gasteiger partial charge is 0.317 e. The molecule has 1 N–H and O–H groups in total. The number of carbonyl (C=O) groups is 1. The second-order valence-corrected chi connectivity index (χ2v) is 7.27. The van der Waals surface area contributed by atoms with Crippen LogP contribution in [0.3, 0.4) is 0 Å². The lowest BCUT2D eigenvalue weighted by Gasteiger charge is -2.33. The first-order valence-electron chi connectivity index (χ1n) is 9.59. The number of nitrogens with one attached hydrogen (secondary N) is 1. The number of amides is 2. The average molecular weight is 355 g/mol. The molecule has 4 rings (SSSR count). The molecule has 0 spiro atoms. The molecule has 2 aromatic heterocycles. The van der Waals surface area contributed by atoms with Crippen LogP contribution in [0.1, 0.15) is 56.8 Å². The Morgan fingerprint density at radius 2 is 2.08 bits per heavy atom. The maximum absolute atomic E-state index is 12.6. The molecule has 0 bridgehead atoms. The standard InChI is InChI=1S/C19H25N5O2/c25-19(21-16-8-2-1-3-9-16)24-11-5-7-15(13-24)18-22-17(23-26-18)14-6-4-10-20-12-14/h4,6,10,12,15-16H,1-3,5,7-9,11,13H2,(H,21,25). The lowest BCUT2D eigenvalue weighted by atomic mass is 9.95. The molecule has 3 heterocycles. The number of piperidine rings is 1. The number of hydrogen-bond donors (Lipinski definition) is 1. The zero-order chi connectivity index (χ0) is 17.8. The van der Waals surface area contributed by atoms with Crippen LogP contribution in [0.2, 0.25) is 0 Å².